The number of hydrogen-bond donors (Lipinski definition) is 3. The Hall–Kier alpha value is -2.61. The van der Waals surface area contributed by atoms with E-state index < -0.39 is 0 Å². The molecule has 0 saturated heterocycles. The quantitative estimate of drug-likeness (QED) is 0.211. The fourth-order valence-electron chi connectivity index (χ4n) is 2.41. The van der Waals surface area contributed by atoms with Gasteiger partial charge < -0.3 is 9.47 Å². The van der Waals surface area contributed by atoms with Crippen LogP contribution in [0.1, 0.15) is 57.9 Å². The van der Waals surface area contributed by atoms with Crippen molar-refractivity contribution >= 4 is 18.0 Å². The predicted molar refractivity (Wildman–Crippen MR) is 102 cm³/mol. The zero-order valence-electron chi connectivity index (χ0n) is 16.0. The zero-order valence-corrected chi connectivity index (χ0v) is 16.0. The number of benzene rings is 1. The number of hydroxylamine groups is 1. The number of nitrogens with zero attached hydrogens (tertiary/aromatic N) is 1. The van der Waals surface area contributed by atoms with Crippen LogP contribution >= 0.6 is 0 Å². The van der Waals surface area contributed by atoms with Crippen LogP contribution in [0, 0.1) is 0 Å². The average molecular weight is 379 g/mol. The Balaban J connectivity index is 2.39. The van der Waals surface area contributed by atoms with Crippen LogP contribution in [0.4, 0.5) is 0 Å². The second-order valence-corrected chi connectivity index (χ2v) is 5.78. The maximum absolute atomic E-state index is 11.8. The van der Waals surface area contributed by atoms with Crippen molar-refractivity contribution in [3.63, 3.8) is 0 Å². The van der Waals surface area contributed by atoms with Gasteiger partial charge in [-0.3, -0.25) is 14.8 Å². The molecule has 150 valence electrons. The molecule has 0 aliphatic heterocycles. The summed E-state index contributed by atoms with van der Waals surface area (Å²) in [5, 5.41) is 12.4. The molecular weight excluding hydrogens is 350 g/mol. The summed E-state index contributed by atoms with van der Waals surface area (Å²) in [7, 11) is 0. The number of nitrogens with one attached hydrogen (secondary N) is 2. The topological polar surface area (TPSA) is 109 Å². The summed E-state index contributed by atoms with van der Waals surface area (Å²) in [5.74, 6) is 0.691. The lowest BCUT2D eigenvalue weighted by molar-refractivity contribution is -0.129. The standard InChI is InChI=1S/C19H29N3O5/c1-3-26-16-11-9-10-15(19(16)27-4-2)14-20-21-17(23)12-7-5-6-8-13-18(24)22-25/h9-11,14,25H,3-8,12-13H2,1-2H3,(H,21,23)(H,22,24)/b20-14+. The minimum Gasteiger partial charge on any atom is -0.490 e. The number of ether oxygens (including phenoxy) is 2. The minimum atomic E-state index is -0.387. The number of unbranched alkanes of at least 4 members (excludes halogenated alkanes) is 3. The van der Waals surface area contributed by atoms with Crippen LogP contribution in [0.25, 0.3) is 0 Å². The summed E-state index contributed by atoms with van der Waals surface area (Å²) in [6.45, 7) is 4.82. The molecule has 0 unspecified atom stereocenters. The Morgan fingerprint density at radius 1 is 1.04 bits per heavy atom. The highest BCUT2D eigenvalue weighted by atomic mass is 16.5. The first-order chi connectivity index (χ1) is 13.1. The summed E-state index contributed by atoms with van der Waals surface area (Å²) in [5.41, 5.74) is 4.83. The van der Waals surface area contributed by atoms with E-state index in [1.54, 1.807) is 11.7 Å². The lowest BCUT2D eigenvalue weighted by atomic mass is 10.1. The molecule has 3 N–H and O–H groups in total. The van der Waals surface area contributed by atoms with E-state index in [4.69, 9.17) is 14.7 Å². The minimum absolute atomic E-state index is 0.168. The largest absolute Gasteiger partial charge is 0.490 e. The van der Waals surface area contributed by atoms with Gasteiger partial charge in [0.05, 0.1) is 19.4 Å². The molecule has 0 spiro atoms. The second kappa shape index (κ2) is 13.6. The number of carbonyl (C=O) groups excluding carboxylic acids is 2. The predicted octanol–water partition coefficient (Wildman–Crippen LogP) is 2.78. The van der Waals surface area contributed by atoms with Crippen LogP contribution in [0.2, 0.25) is 0 Å². The van der Waals surface area contributed by atoms with Gasteiger partial charge in [-0.25, -0.2) is 10.9 Å². The Morgan fingerprint density at radius 3 is 2.33 bits per heavy atom. The molecule has 0 radical (unpaired) electrons. The first-order valence-corrected chi connectivity index (χ1v) is 9.25. The molecule has 0 heterocycles. The van der Waals surface area contributed by atoms with Gasteiger partial charge in [0.15, 0.2) is 11.5 Å². The molecular formula is C19H29N3O5. The second-order valence-electron chi connectivity index (χ2n) is 5.78. The van der Waals surface area contributed by atoms with Gasteiger partial charge in [0, 0.05) is 18.4 Å². The van der Waals surface area contributed by atoms with Gasteiger partial charge in [-0.05, 0) is 38.8 Å². The van der Waals surface area contributed by atoms with Crippen LogP contribution < -0.4 is 20.4 Å². The molecule has 0 fully saturated rings. The van der Waals surface area contributed by atoms with Crippen molar-refractivity contribution < 1.29 is 24.3 Å². The third-order valence-electron chi connectivity index (χ3n) is 3.67. The van der Waals surface area contributed by atoms with Gasteiger partial charge in [-0.15, -0.1) is 0 Å². The Kier molecular flexibility index (Phi) is 11.3. The van der Waals surface area contributed by atoms with Gasteiger partial charge in [-0.1, -0.05) is 18.9 Å². The van der Waals surface area contributed by atoms with Crippen LogP contribution in [-0.4, -0.2) is 36.4 Å². The average Bonchev–Trinajstić information content (AvgIpc) is 2.66. The Morgan fingerprint density at radius 2 is 1.70 bits per heavy atom. The molecule has 2 amide bonds. The van der Waals surface area contributed by atoms with E-state index in [-0.39, 0.29) is 18.2 Å². The molecule has 8 nitrogen and oxygen atoms in total. The van der Waals surface area contributed by atoms with Gasteiger partial charge >= 0.3 is 0 Å². The van der Waals surface area contributed by atoms with Crippen LogP contribution in [0.5, 0.6) is 11.5 Å². The van der Waals surface area contributed by atoms with Gasteiger partial charge in [0.2, 0.25) is 11.8 Å². The van der Waals surface area contributed by atoms with Crippen molar-refractivity contribution in [3.05, 3.63) is 23.8 Å². The van der Waals surface area contributed by atoms with Gasteiger partial charge in [-0.2, -0.15) is 5.10 Å². The Bertz CT molecular complexity index is 619. The van der Waals surface area contributed by atoms with Gasteiger partial charge in [0.1, 0.15) is 0 Å². The third-order valence-corrected chi connectivity index (χ3v) is 3.67. The number of para-hydroxylation sites is 1. The third kappa shape index (κ3) is 9.05. The van der Waals surface area contributed by atoms with Crippen molar-refractivity contribution in [2.45, 2.75) is 52.4 Å². The molecule has 1 rings (SSSR count). The van der Waals surface area contributed by atoms with E-state index in [0.717, 1.165) is 18.4 Å². The molecule has 0 aromatic heterocycles. The van der Waals surface area contributed by atoms with Crippen LogP contribution in [0.15, 0.2) is 23.3 Å². The smallest absolute Gasteiger partial charge is 0.243 e. The monoisotopic (exact) mass is 379 g/mol. The SMILES string of the molecule is CCOc1cccc(/C=N/NC(=O)CCCCCCC(=O)NO)c1OCC. The highest BCUT2D eigenvalue weighted by Gasteiger charge is 2.09. The number of hydrazone groups is 1. The number of carbonyl (C=O) groups is 2. The number of hydrogen-bond acceptors (Lipinski definition) is 6. The van der Waals surface area contributed by atoms with Crippen LogP contribution in [0.3, 0.4) is 0 Å². The maximum Gasteiger partial charge on any atom is 0.243 e. The maximum atomic E-state index is 11.8. The molecule has 0 saturated carbocycles. The summed E-state index contributed by atoms with van der Waals surface area (Å²) >= 11 is 0. The molecule has 27 heavy (non-hydrogen) atoms. The first kappa shape index (κ1) is 22.4. The molecule has 0 bridgehead atoms. The van der Waals surface area contributed by atoms with E-state index in [1.807, 2.05) is 32.0 Å². The molecule has 1 aromatic rings. The van der Waals surface area contributed by atoms with E-state index in [2.05, 4.69) is 10.5 Å². The number of rotatable bonds is 13. The van der Waals surface area contributed by atoms with Crippen LogP contribution in [-0.2, 0) is 9.59 Å². The Labute approximate surface area is 159 Å². The van der Waals surface area contributed by atoms with E-state index in [9.17, 15) is 9.59 Å². The summed E-state index contributed by atoms with van der Waals surface area (Å²) in [6, 6.07) is 5.51. The summed E-state index contributed by atoms with van der Waals surface area (Å²) < 4.78 is 11.2. The number of amides is 2. The molecule has 0 aliphatic carbocycles. The lowest BCUT2D eigenvalue weighted by Gasteiger charge is -2.12. The molecule has 0 atom stereocenters. The van der Waals surface area contributed by atoms with Crippen molar-refractivity contribution in [2.75, 3.05) is 13.2 Å². The molecule has 1 aromatic carbocycles. The highest BCUT2D eigenvalue weighted by Crippen LogP contribution is 2.30. The molecule has 8 heteroatoms. The zero-order chi connectivity index (χ0) is 19.9. The van der Waals surface area contributed by atoms with Crippen molar-refractivity contribution in [1.82, 2.24) is 10.9 Å². The summed E-state index contributed by atoms with van der Waals surface area (Å²) in [4.78, 5) is 22.7. The van der Waals surface area contributed by atoms with Crippen molar-refractivity contribution in [2.24, 2.45) is 5.10 Å². The van der Waals surface area contributed by atoms with E-state index >= 15 is 0 Å². The van der Waals surface area contributed by atoms with E-state index in [1.165, 1.54) is 0 Å². The normalized spacial score (nSPS) is 10.6. The highest BCUT2D eigenvalue weighted by molar-refractivity contribution is 5.86. The summed E-state index contributed by atoms with van der Waals surface area (Å²) in [6.07, 6.45) is 5.25. The van der Waals surface area contributed by atoms with Crippen molar-refractivity contribution in [3.8, 4) is 11.5 Å². The fraction of sp³-hybridized carbons (Fsp3) is 0.526. The fourth-order valence-corrected chi connectivity index (χ4v) is 2.41. The molecule has 0 aliphatic rings. The van der Waals surface area contributed by atoms with Gasteiger partial charge in [0.25, 0.3) is 0 Å². The lowest BCUT2D eigenvalue weighted by Crippen LogP contribution is -2.18. The van der Waals surface area contributed by atoms with Crippen molar-refractivity contribution in [1.29, 1.82) is 0 Å². The van der Waals surface area contributed by atoms with E-state index in [0.29, 0.717) is 44.0 Å². The first-order valence-electron chi connectivity index (χ1n) is 9.25.